The van der Waals surface area contributed by atoms with E-state index in [-0.39, 0.29) is 17.5 Å². The van der Waals surface area contributed by atoms with Crippen molar-refractivity contribution >= 4 is 16.7 Å². The highest BCUT2D eigenvalue weighted by Crippen LogP contribution is 2.25. The number of carbonyl (C=O) groups excluding carboxylic acids is 1. The van der Waals surface area contributed by atoms with Crippen LogP contribution < -0.4 is 15.6 Å². The molecule has 29 heavy (non-hydrogen) atoms. The lowest BCUT2D eigenvalue weighted by atomic mass is 9.86. The zero-order valence-electron chi connectivity index (χ0n) is 16.9. The molecule has 3 aromatic rings. The number of hydrogen-bond donors (Lipinski definition) is 1. The van der Waals surface area contributed by atoms with Crippen LogP contribution in [0.2, 0.25) is 0 Å². The van der Waals surface area contributed by atoms with E-state index in [1.54, 1.807) is 36.1 Å². The molecule has 0 unspecified atom stereocenters. The molecule has 4 rings (SSSR count). The Balaban J connectivity index is 1.79. The Morgan fingerprint density at radius 3 is 2.41 bits per heavy atom. The van der Waals surface area contributed by atoms with Crippen molar-refractivity contribution in [3.63, 3.8) is 0 Å². The molecule has 2 atom stereocenters. The first-order valence-electron chi connectivity index (χ1n) is 10.2. The summed E-state index contributed by atoms with van der Waals surface area (Å²) in [6.07, 6.45) is 6.16. The first-order valence-corrected chi connectivity index (χ1v) is 10.2. The topological polar surface area (TPSA) is 60.3 Å². The predicted octanol–water partition coefficient (Wildman–Crippen LogP) is 4.31. The van der Waals surface area contributed by atoms with E-state index in [1.807, 2.05) is 30.3 Å². The zero-order valence-corrected chi connectivity index (χ0v) is 16.9. The second-order valence-corrected chi connectivity index (χ2v) is 7.80. The van der Waals surface area contributed by atoms with Crippen LogP contribution in [0.15, 0.2) is 59.5 Å². The third-order valence-electron chi connectivity index (χ3n) is 5.95. The molecule has 1 fully saturated rings. The van der Waals surface area contributed by atoms with Crippen LogP contribution in [0.4, 0.5) is 0 Å². The van der Waals surface area contributed by atoms with E-state index in [1.165, 1.54) is 6.42 Å². The van der Waals surface area contributed by atoms with Crippen LogP contribution in [0.1, 0.15) is 43.0 Å². The average Bonchev–Trinajstić information content (AvgIpc) is 2.76. The number of rotatable bonds is 4. The van der Waals surface area contributed by atoms with Crippen molar-refractivity contribution in [2.45, 2.75) is 38.6 Å². The fourth-order valence-corrected chi connectivity index (χ4v) is 4.18. The smallest absolute Gasteiger partial charge is 0.262 e. The van der Waals surface area contributed by atoms with Crippen LogP contribution in [0, 0.1) is 5.92 Å². The minimum absolute atomic E-state index is 0.123. The Labute approximate surface area is 170 Å². The predicted molar refractivity (Wildman–Crippen MR) is 115 cm³/mol. The van der Waals surface area contributed by atoms with Gasteiger partial charge in [0.2, 0.25) is 0 Å². The van der Waals surface area contributed by atoms with Gasteiger partial charge in [-0.25, -0.2) is 0 Å². The molecule has 1 saturated carbocycles. The third kappa shape index (κ3) is 3.77. The molecule has 150 valence electrons. The number of hydrogen-bond acceptors (Lipinski definition) is 3. The molecule has 0 spiro atoms. The molecule has 2 aromatic carbocycles. The van der Waals surface area contributed by atoms with Gasteiger partial charge in [0.15, 0.2) is 0 Å². The van der Waals surface area contributed by atoms with Crippen molar-refractivity contribution < 1.29 is 9.53 Å². The summed E-state index contributed by atoms with van der Waals surface area (Å²) in [5, 5.41) is 4.44. The lowest BCUT2D eigenvalue weighted by molar-refractivity contribution is 0.0911. The monoisotopic (exact) mass is 390 g/mol. The molecule has 0 radical (unpaired) electrons. The number of fused-ring (bicyclic) bond motifs is 1. The minimum atomic E-state index is -0.145. The number of nitrogens with zero attached hydrogens (tertiary/aromatic N) is 1. The van der Waals surface area contributed by atoms with Crippen LogP contribution >= 0.6 is 0 Å². The number of amides is 1. The second-order valence-electron chi connectivity index (χ2n) is 7.80. The molecule has 1 amide bonds. The molecule has 1 aliphatic rings. The zero-order chi connectivity index (χ0) is 20.4. The summed E-state index contributed by atoms with van der Waals surface area (Å²) in [4.78, 5) is 26.3. The maximum absolute atomic E-state index is 13.2. The Hall–Kier alpha value is -3.08. The number of carbonyl (C=O) groups is 1. The molecule has 1 aromatic heterocycles. The lowest BCUT2D eigenvalue weighted by Gasteiger charge is -2.29. The van der Waals surface area contributed by atoms with Crippen molar-refractivity contribution in [3.8, 4) is 11.4 Å². The van der Waals surface area contributed by atoms with Gasteiger partial charge in [-0.15, -0.1) is 0 Å². The molecule has 1 heterocycles. The van der Waals surface area contributed by atoms with Gasteiger partial charge in [0, 0.05) is 28.7 Å². The van der Waals surface area contributed by atoms with Crippen LogP contribution in [-0.4, -0.2) is 23.6 Å². The molecule has 1 N–H and O–H groups in total. The largest absolute Gasteiger partial charge is 0.497 e. The number of ether oxygens (including phenoxy) is 1. The Kier molecular flexibility index (Phi) is 5.38. The van der Waals surface area contributed by atoms with Gasteiger partial charge in [-0.3, -0.25) is 14.2 Å². The molecule has 1 aliphatic carbocycles. The summed E-state index contributed by atoms with van der Waals surface area (Å²) in [5.41, 5.74) is 1.07. The maximum Gasteiger partial charge on any atom is 0.262 e. The van der Waals surface area contributed by atoms with Crippen molar-refractivity contribution in [2.24, 2.45) is 5.92 Å². The second kappa shape index (κ2) is 8.11. The Morgan fingerprint density at radius 1 is 1.03 bits per heavy atom. The molecular formula is C24H26N2O3. The van der Waals surface area contributed by atoms with Gasteiger partial charge in [0.1, 0.15) is 5.75 Å². The SMILES string of the molecule is COc1ccc(-n2cc(C(=O)N[C@@H]3CCCC[C@@H]3C)c3ccccc3c2=O)cc1. The third-order valence-corrected chi connectivity index (χ3v) is 5.95. The van der Waals surface area contributed by atoms with E-state index < -0.39 is 0 Å². The molecule has 0 saturated heterocycles. The number of methoxy groups -OCH3 is 1. The van der Waals surface area contributed by atoms with E-state index in [0.29, 0.717) is 33.7 Å². The highest BCUT2D eigenvalue weighted by molar-refractivity contribution is 6.06. The van der Waals surface area contributed by atoms with E-state index in [4.69, 9.17) is 4.74 Å². The summed E-state index contributed by atoms with van der Waals surface area (Å²) in [6.45, 7) is 2.19. The van der Waals surface area contributed by atoms with E-state index in [0.717, 1.165) is 19.3 Å². The fraction of sp³-hybridized carbons (Fsp3) is 0.333. The first-order chi connectivity index (χ1) is 14.1. The molecular weight excluding hydrogens is 364 g/mol. The average molecular weight is 390 g/mol. The summed E-state index contributed by atoms with van der Waals surface area (Å²) in [5.74, 6) is 1.06. The van der Waals surface area contributed by atoms with Crippen LogP contribution in [0.3, 0.4) is 0 Å². The highest BCUT2D eigenvalue weighted by Gasteiger charge is 2.24. The summed E-state index contributed by atoms with van der Waals surface area (Å²) >= 11 is 0. The number of nitrogens with one attached hydrogen (secondary N) is 1. The van der Waals surface area contributed by atoms with Crippen LogP contribution in [0.5, 0.6) is 5.75 Å². The van der Waals surface area contributed by atoms with E-state index >= 15 is 0 Å². The standard InChI is InChI=1S/C24H26N2O3/c1-16-7-3-6-10-22(16)25-23(27)21-15-26(17-11-13-18(29-2)14-12-17)24(28)20-9-5-4-8-19(20)21/h4-5,8-9,11-16,22H,3,6-7,10H2,1-2H3,(H,25,27)/t16-,22+/m0/s1. The van der Waals surface area contributed by atoms with E-state index in [9.17, 15) is 9.59 Å². The molecule has 5 nitrogen and oxygen atoms in total. The quantitative estimate of drug-likeness (QED) is 0.722. The van der Waals surface area contributed by atoms with E-state index in [2.05, 4.69) is 12.2 Å². The molecule has 5 heteroatoms. The minimum Gasteiger partial charge on any atom is -0.497 e. The number of pyridine rings is 1. The van der Waals surface area contributed by atoms with Gasteiger partial charge in [0.25, 0.3) is 11.5 Å². The maximum atomic E-state index is 13.2. The normalized spacial score (nSPS) is 19.1. The van der Waals surface area contributed by atoms with Gasteiger partial charge in [-0.2, -0.15) is 0 Å². The summed E-state index contributed by atoms with van der Waals surface area (Å²) in [6, 6.07) is 14.7. The van der Waals surface area contributed by atoms with Gasteiger partial charge >= 0.3 is 0 Å². The van der Waals surface area contributed by atoms with Crippen molar-refractivity contribution in [3.05, 3.63) is 70.6 Å². The van der Waals surface area contributed by atoms with Gasteiger partial charge in [-0.1, -0.05) is 38.0 Å². The highest BCUT2D eigenvalue weighted by atomic mass is 16.5. The van der Waals surface area contributed by atoms with Crippen molar-refractivity contribution in [1.29, 1.82) is 0 Å². The summed E-state index contributed by atoms with van der Waals surface area (Å²) in [7, 11) is 1.60. The number of benzene rings is 2. The first kappa shape index (κ1) is 19.2. The van der Waals surface area contributed by atoms with Gasteiger partial charge in [0.05, 0.1) is 12.7 Å². The number of aromatic nitrogens is 1. The molecule has 0 bridgehead atoms. The van der Waals surface area contributed by atoms with Crippen LogP contribution in [0.25, 0.3) is 16.5 Å². The van der Waals surface area contributed by atoms with Crippen molar-refractivity contribution in [1.82, 2.24) is 9.88 Å². The molecule has 0 aliphatic heterocycles. The summed E-state index contributed by atoms with van der Waals surface area (Å²) < 4.78 is 6.75. The fourth-order valence-electron chi connectivity index (χ4n) is 4.18. The Bertz CT molecular complexity index is 1090. The van der Waals surface area contributed by atoms with Crippen molar-refractivity contribution in [2.75, 3.05) is 7.11 Å². The van der Waals surface area contributed by atoms with Gasteiger partial charge < -0.3 is 10.1 Å². The van der Waals surface area contributed by atoms with Gasteiger partial charge in [-0.05, 0) is 49.1 Å². The lowest BCUT2D eigenvalue weighted by Crippen LogP contribution is -2.41. The Morgan fingerprint density at radius 2 is 1.72 bits per heavy atom. The van der Waals surface area contributed by atoms with Crippen LogP contribution in [-0.2, 0) is 0 Å².